The summed E-state index contributed by atoms with van der Waals surface area (Å²) in [7, 11) is 1.34. The summed E-state index contributed by atoms with van der Waals surface area (Å²) < 4.78 is 44.5. The number of benzene rings is 1. The molecule has 0 bridgehead atoms. The summed E-state index contributed by atoms with van der Waals surface area (Å²) >= 11 is 0. The summed E-state index contributed by atoms with van der Waals surface area (Å²) in [5.41, 5.74) is 2.40. The van der Waals surface area contributed by atoms with Gasteiger partial charge in [0.2, 0.25) is 5.82 Å². The molecule has 2 heterocycles. The Bertz CT molecular complexity index is 715. The van der Waals surface area contributed by atoms with E-state index in [9.17, 15) is 13.6 Å². The zero-order valence-electron chi connectivity index (χ0n) is 17.0. The second kappa shape index (κ2) is 9.80. The highest BCUT2D eigenvalue weighted by molar-refractivity contribution is 5.80. The van der Waals surface area contributed by atoms with Crippen molar-refractivity contribution in [3.05, 3.63) is 29.3 Å². The Labute approximate surface area is 169 Å². The predicted molar refractivity (Wildman–Crippen MR) is 102 cm³/mol. The largest absolute Gasteiger partial charge is 0.489 e. The van der Waals surface area contributed by atoms with Crippen molar-refractivity contribution in [1.29, 1.82) is 0 Å². The molecule has 0 radical (unpaired) electrons. The van der Waals surface area contributed by atoms with Crippen molar-refractivity contribution in [2.45, 2.75) is 31.8 Å². The van der Waals surface area contributed by atoms with Crippen LogP contribution in [0.3, 0.4) is 0 Å². The Morgan fingerprint density at radius 1 is 1.24 bits per heavy atom. The van der Waals surface area contributed by atoms with Crippen molar-refractivity contribution in [1.82, 2.24) is 15.3 Å². The van der Waals surface area contributed by atoms with E-state index in [4.69, 9.17) is 14.2 Å². The van der Waals surface area contributed by atoms with Crippen molar-refractivity contribution >= 4 is 5.97 Å². The smallest absolute Gasteiger partial charge is 0.327 e. The van der Waals surface area contributed by atoms with E-state index >= 15 is 0 Å². The lowest BCUT2D eigenvalue weighted by Gasteiger charge is -2.32. The van der Waals surface area contributed by atoms with E-state index < -0.39 is 17.2 Å². The number of rotatable bonds is 8. The fourth-order valence-corrected chi connectivity index (χ4v) is 3.76. The quantitative estimate of drug-likeness (QED) is 0.651. The highest BCUT2D eigenvalue weighted by Crippen LogP contribution is 2.29. The van der Waals surface area contributed by atoms with E-state index in [0.29, 0.717) is 32.7 Å². The molecule has 9 heteroatoms. The summed E-state index contributed by atoms with van der Waals surface area (Å²) in [6.07, 6.45) is 1.45. The summed E-state index contributed by atoms with van der Waals surface area (Å²) in [4.78, 5) is 14.2. The highest BCUT2D eigenvalue weighted by Gasteiger charge is 2.44. The van der Waals surface area contributed by atoms with Gasteiger partial charge in [0, 0.05) is 38.3 Å². The number of hydrogen-bond acceptors (Lipinski definition) is 7. The highest BCUT2D eigenvalue weighted by atomic mass is 19.2. The monoisotopic (exact) mass is 413 g/mol. The normalized spacial score (nSPS) is 23.3. The molecule has 1 unspecified atom stereocenters. The first kappa shape index (κ1) is 21.9. The number of halogens is 2. The van der Waals surface area contributed by atoms with E-state index in [1.54, 1.807) is 11.9 Å². The second-order valence-electron chi connectivity index (χ2n) is 7.51. The Morgan fingerprint density at radius 3 is 2.72 bits per heavy atom. The van der Waals surface area contributed by atoms with Crippen LogP contribution in [0.15, 0.2) is 12.1 Å². The van der Waals surface area contributed by atoms with E-state index in [0.717, 1.165) is 19.5 Å². The molecule has 0 aliphatic carbocycles. The molecule has 29 heavy (non-hydrogen) atoms. The standard InChI is InChI=1S/C20H29F2N3O4/c1-20(19(26)27-2)6-3-7-25(20)23-14-15-4-5-16(18(22)17(15)21)29-13-10-24-8-11-28-12-9-24/h4-5,23H,3,6-14H2,1-2H3. The van der Waals surface area contributed by atoms with E-state index in [-0.39, 0.29) is 30.4 Å². The van der Waals surface area contributed by atoms with Crippen LogP contribution >= 0.6 is 0 Å². The lowest BCUT2D eigenvalue weighted by molar-refractivity contribution is -0.154. The van der Waals surface area contributed by atoms with Gasteiger partial charge in [-0.05, 0) is 25.8 Å². The van der Waals surface area contributed by atoms with Gasteiger partial charge in [0.05, 0.1) is 20.3 Å². The van der Waals surface area contributed by atoms with Crippen molar-refractivity contribution < 1.29 is 27.8 Å². The fraction of sp³-hybridized carbons (Fsp3) is 0.650. The van der Waals surface area contributed by atoms with Gasteiger partial charge in [-0.25, -0.2) is 14.8 Å². The number of morpholine rings is 1. The molecule has 1 atom stereocenters. The van der Waals surface area contributed by atoms with Crippen LogP contribution in [0, 0.1) is 11.6 Å². The fourth-order valence-electron chi connectivity index (χ4n) is 3.76. The third-order valence-corrected chi connectivity index (χ3v) is 5.62. The summed E-state index contributed by atoms with van der Waals surface area (Å²) in [5, 5.41) is 1.74. The van der Waals surface area contributed by atoms with Crippen molar-refractivity contribution in [3.63, 3.8) is 0 Å². The minimum Gasteiger partial charge on any atom is -0.489 e. The maximum absolute atomic E-state index is 14.5. The third kappa shape index (κ3) is 5.03. The second-order valence-corrected chi connectivity index (χ2v) is 7.51. The van der Waals surface area contributed by atoms with Crippen LogP contribution in [0.25, 0.3) is 0 Å². The molecule has 3 rings (SSSR count). The van der Waals surface area contributed by atoms with E-state index in [1.807, 2.05) is 0 Å². The Balaban J connectivity index is 1.55. The van der Waals surface area contributed by atoms with Gasteiger partial charge in [-0.1, -0.05) is 6.07 Å². The van der Waals surface area contributed by atoms with E-state index in [2.05, 4.69) is 10.3 Å². The molecule has 1 aromatic carbocycles. The van der Waals surface area contributed by atoms with Gasteiger partial charge < -0.3 is 14.2 Å². The third-order valence-electron chi connectivity index (χ3n) is 5.62. The van der Waals surface area contributed by atoms with Crippen molar-refractivity contribution in [2.75, 3.05) is 53.1 Å². The van der Waals surface area contributed by atoms with Crippen LogP contribution in [-0.4, -0.2) is 74.5 Å². The van der Waals surface area contributed by atoms with Crippen LogP contribution in [-0.2, 0) is 20.8 Å². The number of ether oxygens (including phenoxy) is 3. The molecule has 2 saturated heterocycles. The van der Waals surface area contributed by atoms with Crippen LogP contribution in [0.4, 0.5) is 8.78 Å². The Morgan fingerprint density at radius 2 is 2.00 bits per heavy atom. The van der Waals surface area contributed by atoms with Crippen LogP contribution in [0.5, 0.6) is 5.75 Å². The number of hydrogen-bond donors (Lipinski definition) is 1. The molecule has 2 fully saturated rings. The molecule has 2 aliphatic rings. The minimum atomic E-state index is -0.997. The number of nitrogens with zero attached hydrogens (tertiary/aromatic N) is 2. The first-order valence-electron chi connectivity index (χ1n) is 9.95. The number of methoxy groups -OCH3 is 1. The number of carbonyl (C=O) groups excluding carboxylic acids is 1. The summed E-state index contributed by atoms with van der Waals surface area (Å²) in [6.45, 7) is 6.35. The first-order chi connectivity index (χ1) is 14.0. The average molecular weight is 413 g/mol. The molecule has 0 saturated carbocycles. The number of hydrazine groups is 1. The predicted octanol–water partition coefficient (Wildman–Crippen LogP) is 1.71. The van der Waals surface area contributed by atoms with E-state index in [1.165, 1.54) is 19.2 Å². The van der Waals surface area contributed by atoms with Gasteiger partial charge in [-0.2, -0.15) is 4.39 Å². The van der Waals surface area contributed by atoms with Gasteiger partial charge in [0.25, 0.3) is 0 Å². The van der Waals surface area contributed by atoms with Crippen molar-refractivity contribution in [2.24, 2.45) is 0 Å². The number of esters is 1. The summed E-state index contributed by atoms with van der Waals surface area (Å²) in [6, 6.07) is 2.94. The topological polar surface area (TPSA) is 63.3 Å². The molecule has 7 nitrogen and oxygen atoms in total. The molecule has 0 amide bonds. The van der Waals surface area contributed by atoms with Gasteiger partial charge in [0.15, 0.2) is 11.6 Å². The zero-order valence-corrected chi connectivity index (χ0v) is 17.0. The number of carbonyl (C=O) groups is 1. The molecule has 0 spiro atoms. The average Bonchev–Trinajstić information content (AvgIpc) is 3.12. The number of nitrogens with one attached hydrogen (secondary N) is 1. The first-order valence-corrected chi connectivity index (χ1v) is 9.95. The lowest BCUT2D eigenvalue weighted by Crippen LogP contribution is -2.54. The van der Waals surface area contributed by atoms with Crippen LogP contribution in [0.2, 0.25) is 0 Å². The lowest BCUT2D eigenvalue weighted by atomic mass is 10.0. The van der Waals surface area contributed by atoms with Crippen molar-refractivity contribution in [3.8, 4) is 5.75 Å². The maximum Gasteiger partial charge on any atom is 0.327 e. The van der Waals surface area contributed by atoms with Gasteiger partial charge >= 0.3 is 5.97 Å². The van der Waals surface area contributed by atoms with Gasteiger partial charge in [0.1, 0.15) is 12.1 Å². The molecule has 2 aliphatic heterocycles. The Hall–Kier alpha value is -1.81. The molecule has 162 valence electrons. The zero-order chi connectivity index (χ0) is 20.9. The van der Waals surface area contributed by atoms with Gasteiger partial charge in [-0.15, -0.1) is 0 Å². The maximum atomic E-state index is 14.5. The molecular weight excluding hydrogens is 384 g/mol. The molecular formula is C20H29F2N3O4. The molecule has 0 aromatic heterocycles. The van der Waals surface area contributed by atoms with Crippen LogP contribution in [0.1, 0.15) is 25.3 Å². The molecule has 1 N–H and O–H groups in total. The minimum absolute atomic E-state index is 0.0589. The van der Waals surface area contributed by atoms with Gasteiger partial charge in [-0.3, -0.25) is 9.69 Å². The Kier molecular flexibility index (Phi) is 7.39. The van der Waals surface area contributed by atoms with Crippen LogP contribution < -0.4 is 10.2 Å². The molecule has 1 aromatic rings. The summed E-state index contributed by atoms with van der Waals surface area (Å²) in [5.74, 6) is -2.39. The SMILES string of the molecule is COC(=O)C1(C)CCCN1NCc1ccc(OCCN2CCOCC2)c(F)c1F.